The van der Waals surface area contributed by atoms with Gasteiger partial charge in [-0.25, -0.2) is 0 Å². The molecule has 2 N–H and O–H groups in total. The van der Waals surface area contributed by atoms with Gasteiger partial charge in [0.2, 0.25) is 5.91 Å². The third-order valence-corrected chi connectivity index (χ3v) is 7.10. The van der Waals surface area contributed by atoms with Crippen molar-refractivity contribution in [1.29, 1.82) is 0 Å². The lowest BCUT2D eigenvalue weighted by atomic mass is 9.68. The first-order valence-corrected chi connectivity index (χ1v) is 10.8. The summed E-state index contributed by atoms with van der Waals surface area (Å²) in [5.74, 6) is 0.0205. The maximum Gasteiger partial charge on any atom is 0.230 e. The molecule has 1 amide bonds. The summed E-state index contributed by atoms with van der Waals surface area (Å²) < 4.78 is 2.82. The van der Waals surface area contributed by atoms with Gasteiger partial charge in [-0.2, -0.15) is 5.10 Å². The minimum Gasteiger partial charge on any atom is -0.386 e. The average Bonchev–Trinajstić information content (AvgIpc) is 2.94. The van der Waals surface area contributed by atoms with Crippen LogP contribution in [0.2, 0.25) is 0 Å². The van der Waals surface area contributed by atoms with Crippen LogP contribution in [0.25, 0.3) is 0 Å². The highest BCUT2D eigenvalue weighted by Crippen LogP contribution is 2.41. The summed E-state index contributed by atoms with van der Waals surface area (Å²) in [5.41, 5.74) is 4.24. The number of hydrogen-bond acceptors (Lipinski definition) is 3. The number of halogens is 1. The topological polar surface area (TPSA) is 67.2 Å². The molecule has 1 unspecified atom stereocenters. The van der Waals surface area contributed by atoms with E-state index in [0.29, 0.717) is 0 Å². The monoisotopic (exact) mass is 447 g/mol. The van der Waals surface area contributed by atoms with E-state index in [0.717, 1.165) is 58.2 Å². The molecule has 1 atom stereocenters. The fourth-order valence-corrected chi connectivity index (χ4v) is 4.72. The lowest BCUT2D eigenvalue weighted by molar-refractivity contribution is -0.128. The Labute approximate surface area is 175 Å². The summed E-state index contributed by atoms with van der Waals surface area (Å²) in [6.07, 6.45) is 4.20. The second kappa shape index (κ2) is 8.37. The molecule has 6 heteroatoms. The van der Waals surface area contributed by atoms with Gasteiger partial charge >= 0.3 is 0 Å². The molecule has 0 radical (unpaired) electrons. The van der Waals surface area contributed by atoms with Crippen LogP contribution in [0.5, 0.6) is 0 Å². The molecule has 1 aromatic carbocycles. The molecule has 3 rings (SSSR count). The van der Waals surface area contributed by atoms with Gasteiger partial charge in [0.05, 0.1) is 17.2 Å². The zero-order chi connectivity index (χ0) is 20.5. The van der Waals surface area contributed by atoms with E-state index in [-0.39, 0.29) is 12.5 Å². The zero-order valence-electron chi connectivity index (χ0n) is 17.2. The minimum atomic E-state index is -0.759. The lowest BCUT2D eigenvalue weighted by Gasteiger charge is -2.37. The second-order valence-corrected chi connectivity index (χ2v) is 8.89. The first kappa shape index (κ1) is 21.1. The number of aromatic nitrogens is 2. The summed E-state index contributed by atoms with van der Waals surface area (Å²) in [4.78, 5) is 13.4. The van der Waals surface area contributed by atoms with Crippen LogP contribution in [-0.4, -0.2) is 27.3 Å². The zero-order valence-corrected chi connectivity index (χ0v) is 18.8. The smallest absolute Gasteiger partial charge is 0.230 e. The van der Waals surface area contributed by atoms with Crippen molar-refractivity contribution >= 4 is 21.8 Å². The number of rotatable bonds is 5. The van der Waals surface area contributed by atoms with E-state index in [2.05, 4.69) is 45.4 Å². The van der Waals surface area contributed by atoms with Gasteiger partial charge in [0.25, 0.3) is 0 Å². The number of carbonyl (C=O) groups excluding carboxylic acids is 1. The molecule has 0 aliphatic heterocycles. The molecule has 28 heavy (non-hydrogen) atoms. The minimum absolute atomic E-state index is 0.0205. The van der Waals surface area contributed by atoms with Crippen molar-refractivity contribution in [2.75, 3.05) is 6.54 Å². The Balaban J connectivity index is 1.81. The number of nitrogens with one attached hydrogen (secondary N) is 1. The second-order valence-electron chi connectivity index (χ2n) is 8.04. The van der Waals surface area contributed by atoms with Gasteiger partial charge in [-0.05, 0) is 50.8 Å². The quantitative estimate of drug-likeness (QED) is 0.722. The number of hydrogen-bond donors (Lipinski definition) is 2. The normalized spacial score (nSPS) is 17.4. The van der Waals surface area contributed by atoms with Crippen LogP contribution in [0, 0.1) is 20.8 Å². The van der Waals surface area contributed by atoms with E-state index in [4.69, 9.17) is 0 Å². The fraction of sp³-hybridized carbons (Fsp3) is 0.545. The molecule has 1 fully saturated rings. The number of aliphatic hydroxyl groups is 1. The van der Waals surface area contributed by atoms with Crippen LogP contribution in [0.4, 0.5) is 0 Å². The average molecular weight is 448 g/mol. The Morgan fingerprint density at radius 3 is 2.54 bits per heavy atom. The molecule has 0 saturated heterocycles. The standard InChI is InChI=1S/C22H30BrN3O2/c1-14-12-17(8-9-18(14)23)22(10-6-5-7-11-22)21(28)24-13-19(27)20-15(2)25-26(4)16(20)3/h8-9,12,19,27H,5-7,10-11,13H2,1-4H3,(H,24,28). The Morgan fingerprint density at radius 1 is 1.29 bits per heavy atom. The molecule has 5 nitrogen and oxygen atoms in total. The molecule has 1 aliphatic carbocycles. The summed E-state index contributed by atoms with van der Waals surface area (Å²) >= 11 is 3.56. The molecule has 1 saturated carbocycles. The van der Waals surface area contributed by atoms with E-state index >= 15 is 0 Å². The Bertz CT molecular complexity index is 869. The SMILES string of the molecule is Cc1cc(C2(C(=O)NCC(O)c3c(C)nn(C)c3C)CCCCC2)ccc1Br. The van der Waals surface area contributed by atoms with E-state index in [1.165, 1.54) is 6.42 Å². The van der Waals surface area contributed by atoms with Crippen molar-refractivity contribution in [2.45, 2.75) is 64.4 Å². The molecule has 2 aromatic rings. The molecule has 1 aromatic heterocycles. The summed E-state index contributed by atoms with van der Waals surface area (Å²) in [6.45, 7) is 6.08. The molecule has 152 valence electrons. The predicted octanol–water partition coefficient (Wildman–Crippen LogP) is 4.16. The van der Waals surface area contributed by atoms with Crippen LogP contribution >= 0.6 is 15.9 Å². The number of aliphatic hydroxyl groups excluding tert-OH is 1. The van der Waals surface area contributed by atoms with E-state index in [1.807, 2.05) is 27.0 Å². The summed E-state index contributed by atoms with van der Waals surface area (Å²) in [5, 5.41) is 18.1. The molecular formula is C22H30BrN3O2. The lowest BCUT2D eigenvalue weighted by Crippen LogP contribution is -2.47. The number of nitrogens with zero attached hydrogens (tertiary/aromatic N) is 2. The van der Waals surface area contributed by atoms with Crippen molar-refractivity contribution < 1.29 is 9.90 Å². The molecule has 1 heterocycles. The highest BCUT2D eigenvalue weighted by Gasteiger charge is 2.41. The van der Waals surface area contributed by atoms with Gasteiger partial charge in [0.1, 0.15) is 0 Å². The van der Waals surface area contributed by atoms with Gasteiger partial charge in [0, 0.05) is 29.3 Å². The summed E-state index contributed by atoms with van der Waals surface area (Å²) in [6, 6.07) is 6.22. The fourth-order valence-electron chi connectivity index (χ4n) is 4.48. The third kappa shape index (κ3) is 3.90. The Hall–Kier alpha value is -1.66. The first-order chi connectivity index (χ1) is 13.3. The predicted molar refractivity (Wildman–Crippen MR) is 114 cm³/mol. The largest absolute Gasteiger partial charge is 0.386 e. The third-order valence-electron chi connectivity index (χ3n) is 6.21. The van der Waals surface area contributed by atoms with Crippen molar-refractivity contribution in [3.05, 3.63) is 50.8 Å². The van der Waals surface area contributed by atoms with E-state index in [1.54, 1.807) is 4.68 Å². The highest BCUT2D eigenvalue weighted by atomic mass is 79.9. The van der Waals surface area contributed by atoms with Crippen LogP contribution in [0.15, 0.2) is 22.7 Å². The summed E-state index contributed by atoms with van der Waals surface area (Å²) in [7, 11) is 1.87. The van der Waals surface area contributed by atoms with Gasteiger partial charge in [-0.1, -0.05) is 47.3 Å². The first-order valence-electron chi connectivity index (χ1n) is 9.99. The van der Waals surface area contributed by atoms with Gasteiger partial charge in [-0.15, -0.1) is 0 Å². The highest BCUT2D eigenvalue weighted by molar-refractivity contribution is 9.10. The molecule has 0 spiro atoms. The maximum absolute atomic E-state index is 13.4. The molecule has 1 aliphatic rings. The molecular weight excluding hydrogens is 418 g/mol. The van der Waals surface area contributed by atoms with Crippen molar-refractivity contribution in [3.8, 4) is 0 Å². The number of amides is 1. The number of benzene rings is 1. The van der Waals surface area contributed by atoms with Crippen LogP contribution in [-0.2, 0) is 17.3 Å². The number of carbonyl (C=O) groups is 1. The van der Waals surface area contributed by atoms with Gasteiger partial charge in [0.15, 0.2) is 0 Å². The van der Waals surface area contributed by atoms with E-state index < -0.39 is 11.5 Å². The van der Waals surface area contributed by atoms with Crippen LogP contribution < -0.4 is 5.32 Å². The van der Waals surface area contributed by atoms with Gasteiger partial charge < -0.3 is 10.4 Å². The van der Waals surface area contributed by atoms with Crippen molar-refractivity contribution in [1.82, 2.24) is 15.1 Å². The Kier molecular flexibility index (Phi) is 6.30. The Morgan fingerprint density at radius 2 is 1.96 bits per heavy atom. The number of aryl methyl sites for hydroxylation is 3. The van der Waals surface area contributed by atoms with Crippen molar-refractivity contribution in [2.24, 2.45) is 7.05 Å². The maximum atomic E-state index is 13.4. The van der Waals surface area contributed by atoms with Crippen LogP contribution in [0.3, 0.4) is 0 Å². The molecule has 0 bridgehead atoms. The van der Waals surface area contributed by atoms with E-state index in [9.17, 15) is 9.90 Å². The van der Waals surface area contributed by atoms with Crippen molar-refractivity contribution in [3.63, 3.8) is 0 Å². The van der Waals surface area contributed by atoms with Crippen LogP contribution in [0.1, 0.15) is 66.3 Å². The van der Waals surface area contributed by atoms with Gasteiger partial charge in [-0.3, -0.25) is 9.48 Å².